The van der Waals surface area contributed by atoms with Gasteiger partial charge in [-0.3, -0.25) is 4.90 Å². The van der Waals surface area contributed by atoms with Crippen LogP contribution in [0.4, 0.5) is 0 Å². The maximum atomic E-state index is 12.1. The number of aromatic nitrogens is 1. The number of H-pyrrole nitrogens is 1. The summed E-state index contributed by atoms with van der Waals surface area (Å²) < 4.78 is 4.84. The van der Waals surface area contributed by atoms with E-state index in [1.165, 1.54) is 29.3 Å². The van der Waals surface area contributed by atoms with Gasteiger partial charge >= 0.3 is 5.97 Å². The van der Waals surface area contributed by atoms with Crippen molar-refractivity contribution in [2.75, 3.05) is 20.2 Å². The lowest BCUT2D eigenvalue weighted by Gasteiger charge is -2.52. The topological polar surface area (TPSA) is 77.9 Å². The van der Waals surface area contributed by atoms with Gasteiger partial charge in [-0.15, -0.1) is 0 Å². The average Bonchev–Trinajstić information content (AvgIpc) is 3.10. The molecule has 2 N–H and O–H groups in total. The van der Waals surface area contributed by atoms with Crippen LogP contribution in [0.25, 0.3) is 10.9 Å². The number of nitrogens with zero attached hydrogens (tertiary/aromatic N) is 2. The summed E-state index contributed by atoms with van der Waals surface area (Å²) in [6, 6.07) is 8.65. The molecular weight excluding hydrogens is 342 g/mol. The number of ether oxygens (including phenoxy) is 1. The molecule has 2 atom stereocenters. The highest BCUT2D eigenvalue weighted by Crippen LogP contribution is 2.53. The van der Waals surface area contributed by atoms with Gasteiger partial charge in [-0.1, -0.05) is 30.3 Å². The molecule has 2 aliphatic rings. The zero-order chi connectivity index (χ0) is 19.0. The van der Waals surface area contributed by atoms with Crippen molar-refractivity contribution in [3.8, 4) is 0 Å². The minimum atomic E-state index is -0.546. The predicted molar refractivity (Wildman–Crippen MR) is 104 cm³/mol. The number of fused-ring (bicyclic) bond motifs is 5. The van der Waals surface area contributed by atoms with Gasteiger partial charge in [-0.2, -0.15) is 0 Å². The molecule has 6 heteroatoms. The van der Waals surface area contributed by atoms with Gasteiger partial charge in [0.15, 0.2) is 5.71 Å². The van der Waals surface area contributed by atoms with Crippen molar-refractivity contribution >= 4 is 22.6 Å². The molecule has 0 amide bonds. The van der Waals surface area contributed by atoms with Gasteiger partial charge in [-0.25, -0.2) is 4.79 Å². The molecule has 0 spiro atoms. The predicted octanol–water partition coefficient (Wildman–Crippen LogP) is 3.65. The summed E-state index contributed by atoms with van der Waals surface area (Å²) in [6.07, 6.45) is 4.44. The van der Waals surface area contributed by atoms with Crippen LogP contribution in [-0.2, 0) is 16.0 Å². The van der Waals surface area contributed by atoms with Crippen LogP contribution in [0.3, 0.4) is 0 Å². The third kappa shape index (κ3) is 2.83. The molecule has 144 valence electrons. The van der Waals surface area contributed by atoms with E-state index in [2.05, 4.69) is 46.2 Å². The number of piperidine rings is 1. The molecule has 4 rings (SSSR count). The largest absolute Gasteiger partial charge is 0.464 e. The zero-order valence-corrected chi connectivity index (χ0v) is 16.0. The van der Waals surface area contributed by atoms with E-state index in [-0.39, 0.29) is 17.2 Å². The monoisotopic (exact) mass is 369 g/mol. The maximum Gasteiger partial charge on any atom is 0.355 e. The van der Waals surface area contributed by atoms with Gasteiger partial charge < -0.3 is 14.9 Å². The summed E-state index contributed by atoms with van der Waals surface area (Å²) in [5.74, 6) is -0.546. The first-order valence-electron chi connectivity index (χ1n) is 9.76. The molecule has 3 heterocycles. The Morgan fingerprint density at radius 3 is 2.96 bits per heavy atom. The van der Waals surface area contributed by atoms with Gasteiger partial charge in [0, 0.05) is 29.6 Å². The number of benzene rings is 1. The summed E-state index contributed by atoms with van der Waals surface area (Å²) in [4.78, 5) is 18.3. The molecule has 1 saturated heterocycles. The fraction of sp³-hybridized carbons (Fsp3) is 0.524. The summed E-state index contributed by atoms with van der Waals surface area (Å²) in [6.45, 7) is 4.25. The smallest absolute Gasteiger partial charge is 0.355 e. The molecule has 2 aliphatic heterocycles. The van der Waals surface area contributed by atoms with E-state index in [0.29, 0.717) is 6.42 Å². The zero-order valence-electron chi connectivity index (χ0n) is 16.0. The van der Waals surface area contributed by atoms with E-state index in [4.69, 9.17) is 4.74 Å². The van der Waals surface area contributed by atoms with Gasteiger partial charge in [0.05, 0.1) is 13.2 Å². The van der Waals surface area contributed by atoms with Crippen molar-refractivity contribution in [3.05, 3.63) is 35.5 Å². The Bertz CT molecular complexity index is 888. The van der Waals surface area contributed by atoms with Gasteiger partial charge in [0.25, 0.3) is 0 Å². The Balaban J connectivity index is 1.81. The van der Waals surface area contributed by atoms with Gasteiger partial charge in [0.2, 0.25) is 0 Å². The first-order chi connectivity index (χ1) is 13.1. The van der Waals surface area contributed by atoms with Gasteiger partial charge in [-0.05, 0) is 49.3 Å². The summed E-state index contributed by atoms with van der Waals surface area (Å²) in [7, 11) is 1.33. The van der Waals surface area contributed by atoms with E-state index in [9.17, 15) is 10.0 Å². The molecule has 2 aromatic rings. The molecule has 0 unspecified atom stereocenters. The van der Waals surface area contributed by atoms with E-state index in [1.54, 1.807) is 0 Å². The molecule has 1 aromatic heterocycles. The van der Waals surface area contributed by atoms with Crippen molar-refractivity contribution in [1.82, 2.24) is 9.88 Å². The molecule has 0 saturated carbocycles. The number of esters is 1. The Kier molecular flexibility index (Phi) is 4.68. The third-order valence-electron chi connectivity index (χ3n) is 6.60. The summed E-state index contributed by atoms with van der Waals surface area (Å²) in [5, 5.41) is 14.0. The van der Waals surface area contributed by atoms with E-state index in [1.807, 2.05) is 0 Å². The fourth-order valence-electron chi connectivity index (χ4n) is 5.28. The fourth-order valence-corrected chi connectivity index (χ4v) is 5.28. The molecule has 0 radical (unpaired) electrons. The number of carbonyl (C=O) groups excluding carboxylic acids is 1. The second-order valence-electron chi connectivity index (χ2n) is 7.79. The van der Waals surface area contributed by atoms with Crippen molar-refractivity contribution in [2.24, 2.45) is 10.6 Å². The molecule has 0 bridgehead atoms. The van der Waals surface area contributed by atoms with Crippen LogP contribution in [0.1, 0.15) is 49.9 Å². The lowest BCUT2D eigenvalue weighted by Crippen LogP contribution is -2.50. The second-order valence-corrected chi connectivity index (χ2v) is 7.79. The second kappa shape index (κ2) is 7.00. The molecule has 27 heavy (non-hydrogen) atoms. The van der Waals surface area contributed by atoms with Crippen LogP contribution < -0.4 is 0 Å². The van der Waals surface area contributed by atoms with Crippen molar-refractivity contribution in [3.63, 3.8) is 0 Å². The van der Waals surface area contributed by atoms with Crippen LogP contribution in [0.5, 0.6) is 0 Å². The number of oxime groups is 1. The van der Waals surface area contributed by atoms with E-state index in [0.717, 1.165) is 38.8 Å². The summed E-state index contributed by atoms with van der Waals surface area (Å²) >= 11 is 0. The highest BCUT2D eigenvalue weighted by atomic mass is 16.5. The van der Waals surface area contributed by atoms with Crippen molar-refractivity contribution in [2.45, 2.75) is 45.1 Å². The van der Waals surface area contributed by atoms with Crippen molar-refractivity contribution in [1.29, 1.82) is 0 Å². The third-order valence-corrected chi connectivity index (χ3v) is 6.60. The Morgan fingerprint density at radius 1 is 1.41 bits per heavy atom. The SMILES string of the molecule is CC[C@]1(C/C(=N\O)C(=O)OC)CCCN2CCc3c([nH]c4ccccc34)[C@@H]21. The molecular formula is C21H27N3O3. The van der Waals surface area contributed by atoms with E-state index >= 15 is 0 Å². The van der Waals surface area contributed by atoms with Gasteiger partial charge in [0.1, 0.15) is 0 Å². The van der Waals surface area contributed by atoms with Crippen LogP contribution in [0, 0.1) is 5.41 Å². The van der Waals surface area contributed by atoms with Crippen LogP contribution >= 0.6 is 0 Å². The number of rotatable bonds is 4. The molecule has 1 aromatic carbocycles. The molecule has 0 aliphatic carbocycles. The highest BCUT2D eigenvalue weighted by Gasteiger charge is 2.48. The Morgan fingerprint density at radius 2 is 2.22 bits per heavy atom. The number of nitrogens with one attached hydrogen (secondary N) is 1. The van der Waals surface area contributed by atoms with Crippen molar-refractivity contribution < 1.29 is 14.7 Å². The average molecular weight is 369 g/mol. The lowest BCUT2D eigenvalue weighted by atomic mass is 9.65. The minimum absolute atomic E-state index is 0.115. The number of hydrogen-bond donors (Lipinski definition) is 2. The standard InChI is InChI=1S/C21H27N3O3/c1-3-21(13-17(23-26)20(25)27-2)10-6-11-24-12-9-15-14-7-4-5-8-16(14)22-18(15)19(21)24/h4-5,7-8,19,22,26H,3,6,9-13H2,1-2H3/b23-17+/t19-,21-/m1/s1. The number of aromatic amines is 1. The van der Waals surface area contributed by atoms with E-state index < -0.39 is 5.97 Å². The van der Waals surface area contributed by atoms with Crippen LogP contribution in [0.15, 0.2) is 29.4 Å². The first kappa shape index (κ1) is 18.0. The van der Waals surface area contributed by atoms with Crippen LogP contribution in [-0.4, -0.2) is 47.0 Å². The maximum absolute atomic E-state index is 12.1. The Labute approximate surface area is 159 Å². The summed E-state index contributed by atoms with van der Waals surface area (Å²) in [5.41, 5.74) is 3.79. The minimum Gasteiger partial charge on any atom is -0.464 e. The highest BCUT2D eigenvalue weighted by molar-refractivity contribution is 6.36. The quantitative estimate of drug-likeness (QED) is 0.373. The number of methoxy groups -OCH3 is 1. The number of para-hydroxylation sites is 1. The molecule has 6 nitrogen and oxygen atoms in total. The van der Waals surface area contributed by atoms with Crippen LogP contribution in [0.2, 0.25) is 0 Å². The lowest BCUT2D eigenvalue weighted by molar-refractivity contribution is -0.133. The Hall–Kier alpha value is -2.34. The number of carbonyl (C=O) groups is 1. The first-order valence-corrected chi connectivity index (χ1v) is 9.76. The number of hydrogen-bond acceptors (Lipinski definition) is 5. The normalized spacial score (nSPS) is 25.9. The molecule has 1 fully saturated rings.